The number of ether oxygens (including phenoxy) is 1. The number of ketones is 1. The number of hydrogen-bond acceptors (Lipinski definition) is 5. The van der Waals surface area contributed by atoms with Gasteiger partial charge in [-0.1, -0.05) is 12.8 Å². The summed E-state index contributed by atoms with van der Waals surface area (Å²) >= 11 is 0. The van der Waals surface area contributed by atoms with Crippen molar-refractivity contribution < 1.29 is 9.53 Å². The van der Waals surface area contributed by atoms with Crippen LogP contribution in [0.5, 0.6) is 0 Å². The van der Waals surface area contributed by atoms with E-state index in [9.17, 15) is 4.79 Å². The van der Waals surface area contributed by atoms with E-state index in [2.05, 4.69) is 9.88 Å². The van der Waals surface area contributed by atoms with Crippen molar-refractivity contribution in [2.24, 2.45) is 0 Å². The summed E-state index contributed by atoms with van der Waals surface area (Å²) in [5.41, 5.74) is 7.15. The van der Waals surface area contributed by atoms with Crippen LogP contribution in [-0.4, -0.2) is 47.5 Å². The molecule has 114 valence electrons. The predicted octanol–water partition coefficient (Wildman–Crippen LogP) is 1.80. The molecule has 0 spiro atoms. The third-order valence-corrected chi connectivity index (χ3v) is 4.89. The largest absolute Gasteiger partial charge is 0.383 e. The summed E-state index contributed by atoms with van der Waals surface area (Å²) in [5.74, 6) is 0.518. The van der Waals surface area contributed by atoms with Gasteiger partial charge < -0.3 is 10.5 Å². The van der Waals surface area contributed by atoms with E-state index in [1.54, 1.807) is 6.20 Å². The Morgan fingerprint density at radius 1 is 1.33 bits per heavy atom. The van der Waals surface area contributed by atoms with E-state index in [4.69, 9.17) is 10.5 Å². The zero-order chi connectivity index (χ0) is 14.9. The van der Waals surface area contributed by atoms with E-state index in [0.29, 0.717) is 24.6 Å². The molecule has 0 radical (unpaired) electrons. The van der Waals surface area contributed by atoms with Crippen LogP contribution in [0.15, 0.2) is 12.3 Å². The molecule has 1 aliphatic carbocycles. The molecule has 2 aliphatic rings. The van der Waals surface area contributed by atoms with Gasteiger partial charge in [0.25, 0.3) is 0 Å². The maximum Gasteiger partial charge on any atom is 0.187 e. The summed E-state index contributed by atoms with van der Waals surface area (Å²) in [7, 11) is 0. The van der Waals surface area contributed by atoms with Gasteiger partial charge in [-0.25, -0.2) is 4.98 Å². The van der Waals surface area contributed by atoms with Crippen LogP contribution in [0, 0.1) is 6.92 Å². The Morgan fingerprint density at radius 2 is 2.00 bits per heavy atom. The lowest BCUT2D eigenvalue weighted by atomic mass is 9.84. The van der Waals surface area contributed by atoms with Crippen LogP contribution in [0.3, 0.4) is 0 Å². The number of rotatable bonds is 3. The van der Waals surface area contributed by atoms with Crippen molar-refractivity contribution in [3.05, 3.63) is 23.4 Å². The molecule has 1 aromatic rings. The normalized spacial score (nSPS) is 22.3. The minimum Gasteiger partial charge on any atom is -0.383 e. The number of hydrogen-bond donors (Lipinski definition) is 1. The van der Waals surface area contributed by atoms with Crippen molar-refractivity contribution in [2.45, 2.75) is 38.1 Å². The number of carbonyl (C=O) groups is 1. The summed E-state index contributed by atoms with van der Waals surface area (Å²) in [5, 5.41) is 0. The zero-order valence-electron chi connectivity index (χ0n) is 12.6. The molecule has 1 aliphatic heterocycles. The van der Waals surface area contributed by atoms with Crippen LogP contribution in [-0.2, 0) is 4.74 Å². The number of aryl methyl sites for hydroxylation is 1. The highest BCUT2D eigenvalue weighted by molar-refractivity contribution is 6.07. The fourth-order valence-electron chi connectivity index (χ4n) is 3.75. The Morgan fingerprint density at radius 3 is 2.62 bits per heavy atom. The second-order valence-corrected chi connectivity index (χ2v) is 6.06. The Bertz CT molecular complexity index is 512. The summed E-state index contributed by atoms with van der Waals surface area (Å²) in [4.78, 5) is 19.7. The first-order valence-electron chi connectivity index (χ1n) is 7.74. The number of Topliss-reactive ketones (excluding diaryl/α,β-unsaturated/α-hetero) is 1. The van der Waals surface area contributed by atoms with Gasteiger partial charge in [0.1, 0.15) is 5.82 Å². The molecule has 1 saturated carbocycles. The number of pyridine rings is 1. The molecule has 0 unspecified atom stereocenters. The molecule has 2 N–H and O–H groups in total. The molecular weight excluding hydrogens is 266 g/mol. The van der Waals surface area contributed by atoms with Gasteiger partial charge in [0.2, 0.25) is 0 Å². The lowest BCUT2D eigenvalue weighted by molar-refractivity contribution is -0.0130. The van der Waals surface area contributed by atoms with Crippen LogP contribution in [0.25, 0.3) is 0 Å². The minimum absolute atomic E-state index is 0.157. The first kappa shape index (κ1) is 14.5. The van der Waals surface area contributed by atoms with Gasteiger partial charge >= 0.3 is 0 Å². The van der Waals surface area contributed by atoms with Gasteiger partial charge in [-0.05, 0) is 31.4 Å². The van der Waals surface area contributed by atoms with Crippen molar-refractivity contribution in [1.82, 2.24) is 9.88 Å². The van der Waals surface area contributed by atoms with Crippen LogP contribution in [0.1, 0.15) is 41.6 Å². The number of nitrogen functional groups attached to an aromatic ring is 1. The Balaban J connectivity index is 1.99. The summed E-state index contributed by atoms with van der Waals surface area (Å²) in [6.07, 6.45) is 5.70. The minimum atomic E-state index is -0.397. The maximum atomic E-state index is 13.3. The van der Waals surface area contributed by atoms with E-state index in [0.717, 1.165) is 44.3 Å². The molecule has 1 aromatic heterocycles. The number of morpholine rings is 1. The molecule has 21 heavy (non-hydrogen) atoms. The van der Waals surface area contributed by atoms with E-state index in [-0.39, 0.29) is 5.78 Å². The first-order chi connectivity index (χ1) is 10.1. The van der Waals surface area contributed by atoms with Crippen molar-refractivity contribution in [3.63, 3.8) is 0 Å². The first-order valence-corrected chi connectivity index (χ1v) is 7.74. The second kappa shape index (κ2) is 5.73. The third kappa shape index (κ3) is 2.45. The van der Waals surface area contributed by atoms with Crippen molar-refractivity contribution in [1.29, 1.82) is 0 Å². The quantitative estimate of drug-likeness (QED) is 0.859. The topological polar surface area (TPSA) is 68.5 Å². The molecule has 3 rings (SSSR count). The Hall–Kier alpha value is -1.46. The maximum absolute atomic E-state index is 13.3. The molecule has 2 fully saturated rings. The van der Waals surface area contributed by atoms with Crippen molar-refractivity contribution in [3.8, 4) is 0 Å². The highest BCUT2D eigenvalue weighted by Gasteiger charge is 2.47. The Kier molecular flexibility index (Phi) is 3.95. The third-order valence-electron chi connectivity index (χ3n) is 4.89. The average Bonchev–Trinajstić information content (AvgIpc) is 2.98. The van der Waals surface area contributed by atoms with E-state index >= 15 is 0 Å². The highest BCUT2D eigenvalue weighted by atomic mass is 16.5. The molecular formula is C16H23N3O2. The van der Waals surface area contributed by atoms with E-state index in [1.807, 2.05) is 13.0 Å². The second-order valence-electron chi connectivity index (χ2n) is 6.06. The van der Waals surface area contributed by atoms with Crippen molar-refractivity contribution in [2.75, 3.05) is 32.0 Å². The van der Waals surface area contributed by atoms with Crippen LogP contribution in [0.4, 0.5) is 5.82 Å². The SMILES string of the molecule is Cc1ccnc(N)c1C(=O)C1(N2CCOCC2)CCCC1. The fourth-order valence-corrected chi connectivity index (χ4v) is 3.75. The van der Waals surface area contributed by atoms with Gasteiger partial charge in [0, 0.05) is 19.3 Å². The molecule has 0 aromatic carbocycles. The number of anilines is 1. The van der Waals surface area contributed by atoms with Gasteiger partial charge in [-0.2, -0.15) is 0 Å². The zero-order valence-corrected chi connectivity index (χ0v) is 12.6. The van der Waals surface area contributed by atoms with Crippen LogP contribution >= 0.6 is 0 Å². The summed E-state index contributed by atoms with van der Waals surface area (Å²) in [6.45, 7) is 5.00. The monoisotopic (exact) mass is 289 g/mol. The molecule has 0 bridgehead atoms. The lowest BCUT2D eigenvalue weighted by Gasteiger charge is -2.42. The molecule has 0 amide bonds. The standard InChI is InChI=1S/C16H23N3O2/c1-12-4-7-18-15(17)13(12)14(20)16(5-2-3-6-16)19-8-10-21-11-9-19/h4,7H,2-3,5-6,8-11H2,1H3,(H2,17,18). The Labute approximate surface area is 125 Å². The van der Waals surface area contributed by atoms with Crippen molar-refractivity contribution >= 4 is 11.6 Å². The number of nitrogens with two attached hydrogens (primary N) is 1. The van der Waals surface area contributed by atoms with E-state index < -0.39 is 5.54 Å². The van der Waals surface area contributed by atoms with Crippen LogP contribution in [0.2, 0.25) is 0 Å². The predicted molar refractivity (Wildman–Crippen MR) is 81.3 cm³/mol. The number of nitrogens with zero attached hydrogens (tertiary/aromatic N) is 2. The van der Waals surface area contributed by atoms with Gasteiger partial charge in [-0.15, -0.1) is 0 Å². The summed E-state index contributed by atoms with van der Waals surface area (Å²) < 4.78 is 5.45. The highest BCUT2D eigenvalue weighted by Crippen LogP contribution is 2.39. The lowest BCUT2D eigenvalue weighted by Crippen LogP contribution is -2.56. The van der Waals surface area contributed by atoms with Gasteiger partial charge in [-0.3, -0.25) is 9.69 Å². The summed E-state index contributed by atoms with van der Waals surface area (Å²) in [6, 6.07) is 1.87. The molecule has 5 heteroatoms. The molecule has 0 atom stereocenters. The van der Waals surface area contributed by atoms with Gasteiger partial charge in [0.15, 0.2) is 5.78 Å². The molecule has 2 heterocycles. The molecule has 1 saturated heterocycles. The smallest absolute Gasteiger partial charge is 0.187 e. The molecule has 5 nitrogen and oxygen atoms in total. The van der Waals surface area contributed by atoms with Gasteiger partial charge in [0.05, 0.1) is 24.3 Å². The fraction of sp³-hybridized carbons (Fsp3) is 0.625. The van der Waals surface area contributed by atoms with E-state index in [1.165, 1.54) is 0 Å². The number of carbonyl (C=O) groups excluding carboxylic acids is 1. The average molecular weight is 289 g/mol. The van der Waals surface area contributed by atoms with Crippen LogP contribution < -0.4 is 5.73 Å². The number of aromatic nitrogens is 1.